The summed E-state index contributed by atoms with van der Waals surface area (Å²) < 4.78 is 6.19. The van der Waals surface area contributed by atoms with E-state index in [0.717, 1.165) is 36.1 Å². The number of anilines is 2. The van der Waals surface area contributed by atoms with Crippen LogP contribution in [0.5, 0.6) is 0 Å². The molecule has 0 aliphatic carbocycles. The second-order valence-electron chi connectivity index (χ2n) is 6.47. The molecule has 1 aromatic heterocycles. The average molecular weight is 371 g/mol. The van der Waals surface area contributed by atoms with Crippen molar-refractivity contribution in [2.45, 2.75) is 45.3 Å². The van der Waals surface area contributed by atoms with Gasteiger partial charge in [-0.25, -0.2) is 4.79 Å². The predicted octanol–water partition coefficient (Wildman–Crippen LogP) is 2.92. The molecule has 0 bridgehead atoms. The molecule has 0 saturated carbocycles. The molecule has 0 unspecified atom stereocenters. The summed E-state index contributed by atoms with van der Waals surface area (Å²) in [7, 11) is 0. The van der Waals surface area contributed by atoms with Crippen molar-refractivity contribution in [3.8, 4) is 0 Å². The van der Waals surface area contributed by atoms with E-state index in [1.165, 1.54) is 0 Å². The van der Waals surface area contributed by atoms with Crippen LogP contribution >= 0.6 is 15.9 Å². The van der Waals surface area contributed by atoms with E-state index >= 15 is 0 Å². The van der Waals surface area contributed by atoms with E-state index in [1.54, 1.807) is 12.4 Å². The third-order valence-electron chi connectivity index (χ3n) is 3.43. The highest BCUT2D eigenvalue weighted by Crippen LogP contribution is 2.33. The van der Waals surface area contributed by atoms with Crippen LogP contribution in [0.2, 0.25) is 0 Å². The monoisotopic (exact) mass is 370 g/mol. The average Bonchev–Trinajstić information content (AvgIpc) is 2.38. The van der Waals surface area contributed by atoms with Crippen LogP contribution in [0.1, 0.15) is 33.6 Å². The fraction of sp³-hybridized carbons (Fsp3) is 0.600. The van der Waals surface area contributed by atoms with Gasteiger partial charge in [0.25, 0.3) is 0 Å². The minimum Gasteiger partial charge on any atom is -0.444 e. The lowest BCUT2D eigenvalue weighted by atomic mass is 10.0. The molecule has 1 amide bonds. The Hall–Kier alpha value is -1.50. The summed E-state index contributed by atoms with van der Waals surface area (Å²) in [6, 6.07) is 0.132. The van der Waals surface area contributed by atoms with Gasteiger partial charge in [-0.05, 0) is 49.5 Å². The minimum atomic E-state index is -0.471. The van der Waals surface area contributed by atoms with Gasteiger partial charge in [0.05, 0.1) is 22.0 Å². The third kappa shape index (κ3) is 4.50. The van der Waals surface area contributed by atoms with Gasteiger partial charge >= 0.3 is 6.09 Å². The van der Waals surface area contributed by atoms with E-state index in [0.29, 0.717) is 5.69 Å². The van der Waals surface area contributed by atoms with E-state index in [9.17, 15) is 4.79 Å². The molecular formula is C15H23BrN4O2. The zero-order valence-electron chi connectivity index (χ0n) is 13.2. The van der Waals surface area contributed by atoms with Crippen LogP contribution in [0.4, 0.5) is 16.2 Å². The van der Waals surface area contributed by atoms with Crippen LogP contribution in [0.15, 0.2) is 16.9 Å². The SMILES string of the molecule is CC(C)(C)OC(=O)NC1CCN(c2c(N)cncc2Br)CC1. The molecule has 6 nitrogen and oxygen atoms in total. The topological polar surface area (TPSA) is 80.5 Å². The Kier molecular flexibility index (Phi) is 5.16. The number of aromatic nitrogens is 1. The van der Waals surface area contributed by atoms with Crippen molar-refractivity contribution in [3.05, 3.63) is 16.9 Å². The van der Waals surface area contributed by atoms with Gasteiger partial charge in [0, 0.05) is 25.3 Å². The maximum atomic E-state index is 11.8. The molecule has 1 aliphatic heterocycles. The zero-order chi connectivity index (χ0) is 16.3. The summed E-state index contributed by atoms with van der Waals surface area (Å²) in [4.78, 5) is 18.1. The summed E-state index contributed by atoms with van der Waals surface area (Å²) >= 11 is 3.50. The number of carbonyl (C=O) groups excluding carboxylic acids is 1. The molecule has 0 spiro atoms. The van der Waals surface area contributed by atoms with E-state index < -0.39 is 5.60 Å². The number of ether oxygens (including phenoxy) is 1. The molecule has 7 heteroatoms. The fourth-order valence-electron chi connectivity index (χ4n) is 2.50. The summed E-state index contributed by atoms with van der Waals surface area (Å²) in [6.07, 6.45) is 4.76. The van der Waals surface area contributed by atoms with Crippen LogP contribution in [0.3, 0.4) is 0 Å². The molecule has 2 heterocycles. The van der Waals surface area contributed by atoms with E-state index in [1.807, 2.05) is 20.8 Å². The lowest BCUT2D eigenvalue weighted by Crippen LogP contribution is -2.46. The summed E-state index contributed by atoms with van der Waals surface area (Å²) in [5.41, 5.74) is 7.18. The van der Waals surface area contributed by atoms with E-state index in [4.69, 9.17) is 10.5 Å². The van der Waals surface area contributed by atoms with Crippen molar-refractivity contribution < 1.29 is 9.53 Å². The molecule has 2 rings (SSSR count). The molecule has 1 aromatic rings. The Labute approximate surface area is 139 Å². The number of nitrogens with one attached hydrogen (secondary N) is 1. The highest BCUT2D eigenvalue weighted by atomic mass is 79.9. The highest BCUT2D eigenvalue weighted by Gasteiger charge is 2.25. The molecule has 0 radical (unpaired) electrons. The van der Waals surface area contributed by atoms with Gasteiger partial charge in [-0.2, -0.15) is 0 Å². The summed E-state index contributed by atoms with van der Waals surface area (Å²) in [5.74, 6) is 0. The first-order valence-electron chi connectivity index (χ1n) is 7.40. The van der Waals surface area contributed by atoms with E-state index in [2.05, 4.69) is 31.1 Å². The zero-order valence-corrected chi connectivity index (χ0v) is 14.8. The number of amides is 1. The first-order chi connectivity index (χ1) is 10.3. The molecule has 1 saturated heterocycles. The number of rotatable bonds is 2. The van der Waals surface area contributed by atoms with Crippen molar-refractivity contribution in [2.24, 2.45) is 0 Å². The van der Waals surface area contributed by atoms with Crippen molar-refractivity contribution in [1.29, 1.82) is 0 Å². The van der Waals surface area contributed by atoms with Gasteiger partial charge in [0.2, 0.25) is 0 Å². The fourth-order valence-corrected chi connectivity index (χ4v) is 3.10. The van der Waals surface area contributed by atoms with Crippen LogP contribution < -0.4 is 16.0 Å². The maximum absolute atomic E-state index is 11.8. The second kappa shape index (κ2) is 6.73. The van der Waals surface area contributed by atoms with Gasteiger partial charge in [-0.15, -0.1) is 0 Å². The molecule has 0 atom stereocenters. The molecule has 1 aliphatic rings. The molecule has 3 N–H and O–H groups in total. The summed E-state index contributed by atoms with van der Waals surface area (Å²) in [6.45, 7) is 7.23. The van der Waals surface area contributed by atoms with Gasteiger partial charge in [0.1, 0.15) is 5.60 Å². The quantitative estimate of drug-likeness (QED) is 0.836. The largest absolute Gasteiger partial charge is 0.444 e. The van der Waals surface area contributed by atoms with Gasteiger partial charge in [0.15, 0.2) is 0 Å². The van der Waals surface area contributed by atoms with Crippen molar-refractivity contribution in [1.82, 2.24) is 10.3 Å². The summed E-state index contributed by atoms with van der Waals surface area (Å²) in [5, 5.41) is 2.93. The van der Waals surface area contributed by atoms with Crippen LogP contribution in [0.25, 0.3) is 0 Å². The number of nitrogen functional groups attached to an aromatic ring is 1. The molecular weight excluding hydrogens is 348 g/mol. The number of nitrogens with zero attached hydrogens (tertiary/aromatic N) is 2. The van der Waals surface area contributed by atoms with Gasteiger partial charge in [-0.1, -0.05) is 0 Å². The van der Waals surface area contributed by atoms with E-state index in [-0.39, 0.29) is 12.1 Å². The molecule has 22 heavy (non-hydrogen) atoms. The first kappa shape index (κ1) is 16.9. The Morgan fingerprint density at radius 2 is 2.05 bits per heavy atom. The predicted molar refractivity (Wildman–Crippen MR) is 91.0 cm³/mol. The number of hydrogen-bond acceptors (Lipinski definition) is 5. The smallest absolute Gasteiger partial charge is 0.407 e. The van der Waals surface area contributed by atoms with Crippen LogP contribution in [0, 0.1) is 0 Å². The number of hydrogen-bond donors (Lipinski definition) is 2. The number of piperidine rings is 1. The molecule has 1 fully saturated rings. The lowest BCUT2D eigenvalue weighted by Gasteiger charge is -2.35. The van der Waals surface area contributed by atoms with Crippen molar-refractivity contribution in [2.75, 3.05) is 23.7 Å². The Morgan fingerprint density at radius 3 is 2.59 bits per heavy atom. The Bertz CT molecular complexity index is 517. The molecule has 122 valence electrons. The lowest BCUT2D eigenvalue weighted by molar-refractivity contribution is 0.0497. The van der Waals surface area contributed by atoms with Gasteiger partial charge < -0.3 is 20.7 Å². The Morgan fingerprint density at radius 1 is 1.41 bits per heavy atom. The van der Waals surface area contributed by atoms with Crippen LogP contribution in [-0.2, 0) is 4.74 Å². The third-order valence-corrected chi connectivity index (χ3v) is 4.01. The number of halogens is 1. The number of nitrogens with two attached hydrogens (primary N) is 1. The van der Waals surface area contributed by atoms with Gasteiger partial charge in [-0.3, -0.25) is 4.98 Å². The normalized spacial score (nSPS) is 16.5. The second-order valence-corrected chi connectivity index (χ2v) is 7.32. The van der Waals surface area contributed by atoms with Crippen LogP contribution in [-0.4, -0.2) is 35.8 Å². The van der Waals surface area contributed by atoms with Crippen molar-refractivity contribution in [3.63, 3.8) is 0 Å². The number of pyridine rings is 1. The maximum Gasteiger partial charge on any atom is 0.407 e. The minimum absolute atomic E-state index is 0.132. The first-order valence-corrected chi connectivity index (χ1v) is 8.19. The number of alkyl carbamates (subject to hydrolysis) is 1. The Balaban J connectivity index is 1.90. The molecule has 0 aromatic carbocycles. The number of carbonyl (C=O) groups is 1. The standard InChI is InChI=1S/C15H23BrN4O2/c1-15(2,3)22-14(21)19-10-4-6-20(7-5-10)13-11(16)8-18-9-12(13)17/h8-10H,4-7,17H2,1-3H3,(H,19,21). The van der Waals surface area contributed by atoms with Crippen molar-refractivity contribution >= 4 is 33.4 Å². The highest BCUT2D eigenvalue weighted by molar-refractivity contribution is 9.10.